The molecular weight excluding hydrogens is 140 g/mol. The van der Waals surface area contributed by atoms with E-state index in [4.69, 9.17) is 5.73 Å². The van der Waals surface area contributed by atoms with Crippen molar-refractivity contribution in [2.75, 3.05) is 0 Å². The van der Waals surface area contributed by atoms with Crippen LogP contribution in [0.25, 0.3) is 0 Å². The predicted molar refractivity (Wildman–Crippen MR) is 42.1 cm³/mol. The van der Waals surface area contributed by atoms with Gasteiger partial charge in [-0.15, -0.1) is 0 Å². The molecule has 11 heavy (non-hydrogen) atoms. The van der Waals surface area contributed by atoms with Gasteiger partial charge in [0.2, 0.25) is 0 Å². The number of hydrogen-bond acceptors (Lipinski definition) is 1. The molecule has 2 fully saturated rings. The molecule has 0 aromatic heterocycles. The summed E-state index contributed by atoms with van der Waals surface area (Å²) < 4.78 is 0. The van der Waals surface area contributed by atoms with Gasteiger partial charge in [0.1, 0.15) is 0 Å². The van der Waals surface area contributed by atoms with E-state index in [1.165, 1.54) is 32.1 Å². The van der Waals surface area contributed by atoms with Crippen molar-refractivity contribution in [2.45, 2.75) is 44.2 Å². The van der Waals surface area contributed by atoms with Crippen molar-refractivity contribution in [3.05, 3.63) is 0 Å². The quantitative estimate of drug-likeness (QED) is 0.557. The molecule has 62 valence electrons. The van der Waals surface area contributed by atoms with Gasteiger partial charge < -0.3 is 10.6 Å². The number of nitrogens with two attached hydrogens (primary N) is 1. The first-order valence-corrected chi connectivity index (χ1v) is 4.37. The highest BCUT2D eigenvalue weighted by molar-refractivity contribution is 5.73. The second-order valence-corrected chi connectivity index (χ2v) is 3.56. The Kier molecular flexibility index (Phi) is 1.51. The second-order valence-electron chi connectivity index (χ2n) is 3.56. The molecular formula is C8H14N2O. The number of piperidine rings is 1. The molecule has 2 rings (SSSR count). The molecule has 0 spiro atoms. The number of carbonyl (C=O) groups excluding carboxylic acids is 1. The summed E-state index contributed by atoms with van der Waals surface area (Å²) in [7, 11) is 0. The third kappa shape index (κ3) is 0.988. The van der Waals surface area contributed by atoms with Crippen LogP contribution in [0.5, 0.6) is 0 Å². The van der Waals surface area contributed by atoms with Crippen molar-refractivity contribution in [3.63, 3.8) is 0 Å². The maximum absolute atomic E-state index is 11.0. The number of rotatable bonds is 0. The Morgan fingerprint density at radius 2 is 1.73 bits per heavy atom. The number of amides is 2. The van der Waals surface area contributed by atoms with Crippen molar-refractivity contribution in [1.82, 2.24) is 4.90 Å². The number of nitrogens with zero attached hydrogens (tertiary/aromatic N) is 1. The highest BCUT2D eigenvalue weighted by Crippen LogP contribution is 2.34. The number of carbonyl (C=O) groups is 1. The fourth-order valence-electron chi connectivity index (χ4n) is 2.48. The van der Waals surface area contributed by atoms with E-state index in [0.717, 1.165) is 0 Å². The van der Waals surface area contributed by atoms with E-state index in [9.17, 15) is 4.79 Å². The summed E-state index contributed by atoms with van der Waals surface area (Å²) in [5.41, 5.74) is 5.28. The smallest absolute Gasteiger partial charge is 0.315 e. The van der Waals surface area contributed by atoms with Crippen molar-refractivity contribution < 1.29 is 4.79 Å². The van der Waals surface area contributed by atoms with Crippen LogP contribution in [0, 0.1) is 0 Å². The zero-order valence-electron chi connectivity index (χ0n) is 6.62. The van der Waals surface area contributed by atoms with E-state index in [0.29, 0.717) is 12.1 Å². The molecule has 0 aliphatic carbocycles. The van der Waals surface area contributed by atoms with E-state index in [-0.39, 0.29) is 6.03 Å². The normalized spacial score (nSPS) is 35.8. The highest BCUT2D eigenvalue weighted by Gasteiger charge is 2.38. The van der Waals surface area contributed by atoms with Crippen LogP contribution in [0.15, 0.2) is 0 Å². The molecule has 3 heteroatoms. The molecule has 2 bridgehead atoms. The van der Waals surface area contributed by atoms with Gasteiger partial charge in [0, 0.05) is 12.1 Å². The lowest BCUT2D eigenvalue weighted by atomic mass is 10.0. The standard InChI is InChI=1S/C8H14N2O/c9-8(11)10-6-2-1-3-7(10)5-4-6/h6-7H,1-5H2,(H2,9,11). The molecule has 2 atom stereocenters. The lowest BCUT2D eigenvalue weighted by molar-refractivity contribution is 0.155. The molecule has 2 aliphatic rings. The third-order valence-electron chi connectivity index (χ3n) is 2.95. The maximum atomic E-state index is 11.0. The molecule has 2 aliphatic heterocycles. The first-order chi connectivity index (χ1) is 5.29. The number of primary amides is 1. The molecule has 3 nitrogen and oxygen atoms in total. The number of urea groups is 1. The van der Waals surface area contributed by atoms with Gasteiger partial charge in [0.05, 0.1) is 0 Å². The Labute approximate surface area is 66.5 Å². The number of hydrogen-bond donors (Lipinski definition) is 1. The van der Waals surface area contributed by atoms with Crippen LogP contribution in [-0.2, 0) is 0 Å². The monoisotopic (exact) mass is 154 g/mol. The lowest BCUT2D eigenvalue weighted by Gasteiger charge is -2.33. The first kappa shape index (κ1) is 6.95. The van der Waals surface area contributed by atoms with Gasteiger partial charge in [-0.25, -0.2) is 4.79 Å². The highest BCUT2D eigenvalue weighted by atomic mass is 16.2. The van der Waals surface area contributed by atoms with Crippen molar-refractivity contribution in [1.29, 1.82) is 0 Å². The molecule has 2 heterocycles. The van der Waals surface area contributed by atoms with Gasteiger partial charge in [-0.2, -0.15) is 0 Å². The summed E-state index contributed by atoms with van der Waals surface area (Å²) in [6.07, 6.45) is 5.96. The van der Waals surface area contributed by atoms with Crippen molar-refractivity contribution in [2.24, 2.45) is 5.73 Å². The summed E-state index contributed by atoms with van der Waals surface area (Å²) in [5, 5.41) is 0. The van der Waals surface area contributed by atoms with Gasteiger partial charge in [-0.05, 0) is 32.1 Å². The Balaban J connectivity index is 2.15. The van der Waals surface area contributed by atoms with E-state index in [2.05, 4.69) is 0 Å². The summed E-state index contributed by atoms with van der Waals surface area (Å²) in [4.78, 5) is 12.9. The summed E-state index contributed by atoms with van der Waals surface area (Å²) in [6, 6.07) is 0.745. The van der Waals surface area contributed by atoms with Crippen LogP contribution in [0.2, 0.25) is 0 Å². The summed E-state index contributed by atoms with van der Waals surface area (Å²) >= 11 is 0. The molecule has 0 radical (unpaired) electrons. The minimum Gasteiger partial charge on any atom is -0.351 e. The fourth-order valence-corrected chi connectivity index (χ4v) is 2.48. The zero-order valence-corrected chi connectivity index (χ0v) is 6.62. The van der Waals surface area contributed by atoms with Gasteiger partial charge in [0.15, 0.2) is 0 Å². The SMILES string of the molecule is NC(=O)N1C2CCCC1CC2. The Morgan fingerprint density at radius 1 is 1.18 bits per heavy atom. The largest absolute Gasteiger partial charge is 0.351 e. The number of fused-ring (bicyclic) bond motifs is 2. The minimum atomic E-state index is -0.211. The van der Waals surface area contributed by atoms with Crippen LogP contribution >= 0.6 is 0 Å². The van der Waals surface area contributed by atoms with Gasteiger partial charge >= 0.3 is 6.03 Å². The maximum Gasteiger partial charge on any atom is 0.315 e. The molecule has 0 aromatic rings. The van der Waals surface area contributed by atoms with Crippen LogP contribution < -0.4 is 5.73 Å². The topological polar surface area (TPSA) is 46.3 Å². The minimum absolute atomic E-state index is 0.211. The lowest BCUT2D eigenvalue weighted by Crippen LogP contribution is -2.46. The van der Waals surface area contributed by atoms with E-state index in [1.807, 2.05) is 4.90 Å². The van der Waals surface area contributed by atoms with Crippen molar-refractivity contribution in [3.8, 4) is 0 Å². The molecule has 2 saturated heterocycles. The van der Waals surface area contributed by atoms with Gasteiger partial charge in [0.25, 0.3) is 0 Å². The fraction of sp³-hybridized carbons (Fsp3) is 0.875. The average Bonchev–Trinajstić information content (AvgIpc) is 2.23. The zero-order chi connectivity index (χ0) is 7.84. The van der Waals surface area contributed by atoms with Crippen LogP contribution in [0.3, 0.4) is 0 Å². The van der Waals surface area contributed by atoms with Crippen LogP contribution in [0.4, 0.5) is 4.79 Å². The molecule has 2 unspecified atom stereocenters. The van der Waals surface area contributed by atoms with Crippen LogP contribution in [0.1, 0.15) is 32.1 Å². The predicted octanol–water partition coefficient (Wildman–Crippen LogP) is 1.08. The Hall–Kier alpha value is -0.730. The molecule has 0 saturated carbocycles. The molecule has 2 amide bonds. The average molecular weight is 154 g/mol. The van der Waals surface area contributed by atoms with Crippen LogP contribution in [-0.4, -0.2) is 23.0 Å². The van der Waals surface area contributed by atoms with Gasteiger partial charge in [-0.1, -0.05) is 0 Å². The Morgan fingerprint density at radius 3 is 2.09 bits per heavy atom. The third-order valence-corrected chi connectivity index (χ3v) is 2.95. The summed E-state index contributed by atoms with van der Waals surface area (Å²) in [5.74, 6) is 0. The summed E-state index contributed by atoms with van der Waals surface area (Å²) in [6.45, 7) is 0. The van der Waals surface area contributed by atoms with E-state index in [1.54, 1.807) is 0 Å². The Bertz CT molecular complexity index is 165. The first-order valence-electron chi connectivity index (χ1n) is 4.37. The second kappa shape index (κ2) is 2.40. The molecule has 0 aromatic carbocycles. The van der Waals surface area contributed by atoms with Gasteiger partial charge in [-0.3, -0.25) is 0 Å². The van der Waals surface area contributed by atoms with Crippen molar-refractivity contribution >= 4 is 6.03 Å². The van der Waals surface area contributed by atoms with E-state index >= 15 is 0 Å². The molecule has 2 N–H and O–H groups in total. The van der Waals surface area contributed by atoms with E-state index < -0.39 is 0 Å².